The van der Waals surface area contributed by atoms with Gasteiger partial charge in [0.1, 0.15) is 0 Å². The number of hydrogen-bond acceptors (Lipinski definition) is 3. The molecule has 1 fully saturated rings. The van der Waals surface area contributed by atoms with Gasteiger partial charge < -0.3 is 5.73 Å². The van der Waals surface area contributed by atoms with Crippen molar-refractivity contribution in [2.75, 3.05) is 6.54 Å². The van der Waals surface area contributed by atoms with Crippen molar-refractivity contribution in [3.05, 3.63) is 56.7 Å². The van der Waals surface area contributed by atoms with Crippen LogP contribution in [0.1, 0.15) is 35.7 Å². The van der Waals surface area contributed by atoms with E-state index in [1.54, 1.807) is 0 Å². The van der Waals surface area contributed by atoms with Gasteiger partial charge in [-0.3, -0.25) is 4.90 Å². The molecule has 0 saturated heterocycles. The summed E-state index contributed by atoms with van der Waals surface area (Å²) in [6, 6.07) is 13.6. The van der Waals surface area contributed by atoms with Crippen LogP contribution in [0.2, 0.25) is 0 Å². The van der Waals surface area contributed by atoms with Crippen molar-refractivity contribution in [1.29, 1.82) is 0 Å². The van der Waals surface area contributed by atoms with Crippen molar-refractivity contribution >= 4 is 27.3 Å². The predicted molar refractivity (Wildman–Crippen MR) is 93.4 cm³/mol. The van der Waals surface area contributed by atoms with E-state index in [0.717, 1.165) is 30.0 Å². The monoisotopic (exact) mass is 364 g/mol. The molecule has 1 aromatic heterocycles. The van der Waals surface area contributed by atoms with Crippen molar-refractivity contribution in [2.24, 2.45) is 5.73 Å². The summed E-state index contributed by atoms with van der Waals surface area (Å²) >= 11 is 5.37. The van der Waals surface area contributed by atoms with Gasteiger partial charge in [-0.25, -0.2) is 0 Å². The molecule has 2 N–H and O–H groups in total. The lowest BCUT2D eigenvalue weighted by Crippen LogP contribution is -2.28. The summed E-state index contributed by atoms with van der Waals surface area (Å²) in [4.78, 5) is 4.06. The van der Waals surface area contributed by atoms with Crippen LogP contribution < -0.4 is 5.73 Å². The fourth-order valence-electron chi connectivity index (χ4n) is 2.64. The topological polar surface area (TPSA) is 29.3 Å². The minimum Gasteiger partial charge on any atom is -0.324 e. The minimum atomic E-state index is 0.118. The molecule has 0 radical (unpaired) electrons. The van der Waals surface area contributed by atoms with Gasteiger partial charge in [-0.1, -0.05) is 34.1 Å². The van der Waals surface area contributed by atoms with Gasteiger partial charge in [-0.15, -0.1) is 11.3 Å². The van der Waals surface area contributed by atoms with Crippen LogP contribution in [-0.2, 0) is 6.54 Å². The molecule has 1 aliphatic rings. The molecule has 1 unspecified atom stereocenters. The van der Waals surface area contributed by atoms with E-state index < -0.39 is 0 Å². The summed E-state index contributed by atoms with van der Waals surface area (Å²) in [6.07, 6.45) is 3.70. The number of hydrogen-bond donors (Lipinski definition) is 1. The maximum atomic E-state index is 6.36. The molecular weight excluding hydrogens is 344 g/mol. The Morgan fingerprint density at radius 2 is 2.14 bits per heavy atom. The summed E-state index contributed by atoms with van der Waals surface area (Å²) in [6.45, 7) is 2.16. The standard InChI is InChI=1S/C17H21BrN2S/c18-14-4-1-3-13(11-14)17(19)8-9-20(15-6-7-15)12-16-5-2-10-21-16/h1-5,10-11,15,17H,6-9,12,19H2. The molecule has 2 nitrogen and oxygen atoms in total. The smallest absolute Gasteiger partial charge is 0.0330 e. The number of rotatable bonds is 7. The van der Waals surface area contributed by atoms with Gasteiger partial charge in [0.25, 0.3) is 0 Å². The molecule has 1 heterocycles. The van der Waals surface area contributed by atoms with E-state index in [-0.39, 0.29) is 6.04 Å². The molecular formula is C17H21BrN2S. The Hall–Kier alpha value is -0.680. The van der Waals surface area contributed by atoms with Crippen molar-refractivity contribution in [2.45, 2.75) is 37.9 Å². The summed E-state index contributed by atoms with van der Waals surface area (Å²) in [5, 5.41) is 2.16. The van der Waals surface area contributed by atoms with Crippen molar-refractivity contribution in [3.8, 4) is 0 Å². The molecule has 1 aromatic carbocycles. The molecule has 0 amide bonds. The van der Waals surface area contributed by atoms with Crippen LogP contribution in [0, 0.1) is 0 Å². The van der Waals surface area contributed by atoms with Crippen LogP contribution >= 0.6 is 27.3 Å². The second-order valence-electron chi connectivity index (χ2n) is 5.73. The van der Waals surface area contributed by atoms with E-state index in [1.807, 2.05) is 17.4 Å². The Morgan fingerprint density at radius 3 is 2.81 bits per heavy atom. The average Bonchev–Trinajstić information content (AvgIpc) is 3.20. The third kappa shape index (κ3) is 4.39. The molecule has 21 heavy (non-hydrogen) atoms. The highest BCUT2D eigenvalue weighted by atomic mass is 79.9. The Kier molecular flexibility index (Phi) is 5.11. The summed E-state index contributed by atoms with van der Waals surface area (Å²) < 4.78 is 1.10. The molecule has 0 aliphatic heterocycles. The Morgan fingerprint density at radius 1 is 1.29 bits per heavy atom. The fourth-order valence-corrected chi connectivity index (χ4v) is 3.79. The van der Waals surface area contributed by atoms with Gasteiger partial charge in [-0.2, -0.15) is 0 Å². The number of thiophene rings is 1. The van der Waals surface area contributed by atoms with E-state index in [4.69, 9.17) is 5.73 Å². The predicted octanol–water partition coefficient (Wildman–Crippen LogP) is 4.57. The fraction of sp³-hybridized carbons (Fsp3) is 0.412. The highest BCUT2D eigenvalue weighted by Crippen LogP contribution is 2.30. The number of nitrogens with zero attached hydrogens (tertiary/aromatic N) is 1. The van der Waals surface area contributed by atoms with Gasteiger partial charge in [0.15, 0.2) is 0 Å². The SMILES string of the molecule is NC(CCN(Cc1cccs1)C1CC1)c1cccc(Br)c1. The number of nitrogens with two attached hydrogens (primary N) is 1. The zero-order valence-electron chi connectivity index (χ0n) is 12.0. The zero-order valence-corrected chi connectivity index (χ0v) is 14.4. The third-order valence-electron chi connectivity index (χ3n) is 4.01. The van der Waals surface area contributed by atoms with Crippen molar-refractivity contribution in [1.82, 2.24) is 4.90 Å². The Bertz CT molecular complexity index is 566. The van der Waals surface area contributed by atoms with E-state index in [9.17, 15) is 0 Å². The van der Waals surface area contributed by atoms with Crippen LogP contribution in [0.4, 0.5) is 0 Å². The van der Waals surface area contributed by atoms with E-state index in [1.165, 1.54) is 23.3 Å². The summed E-state index contributed by atoms with van der Waals surface area (Å²) in [5.41, 5.74) is 7.58. The van der Waals surface area contributed by atoms with Crippen molar-refractivity contribution in [3.63, 3.8) is 0 Å². The van der Waals surface area contributed by atoms with E-state index in [2.05, 4.69) is 56.5 Å². The quantitative estimate of drug-likeness (QED) is 0.779. The molecule has 0 spiro atoms. The van der Waals surface area contributed by atoms with Crippen LogP contribution in [0.15, 0.2) is 46.3 Å². The van der Waals surface area contributed by atoms with Crippen LogP contribution in [0.3, 0.4) is 0 Å². The van der Waals surface area contributed by atoms with Gasteiger partial charge >= 0.3 is 0 Å². The van der Waals surface area contributed by atoms with Gasteiger partial charge in [0.05, 0.1) is 0 Å². The summed E-state index contributed by atoms with van der Waals surface area (Å²) in [5.74, 6) is 0. The second-order valence-corrected chi connectivity index (χ2v) is 7.68. The molecule has 4 heteroatoms. The first-order valence-electron chi connectivity index (χ1n) is 7.50. The number of benzene rings is 1. The van der Waals surface area contributed by atoms with E-state index >= 15 is 0 Å². The highest BCUT2D eigenvalue weighted by Gasteiger charge is 2.29. The zero-order chi connectivity index (χ0) is 14.7. The maximum Gasteiger partial charge on any atom is 0.0330 e. The Balaban J connectivity index is 1.56. The molecule has 3 rings (SSSR count). The largest absolute Gasteiger partial charge is 0.324 e. The lowest BCUT2D eigenvalue weighted by molar-refractivity contribution is 0.247. The van der Waals surface area contributed by atoms with Crippen molar-refractivity contribution < 1.29 is 0 Å². The molecule has 1 aliphatic carbocycles. The van der Waals surface area contributed by atoms with Crippen LogP contribution in [0.5, 0.6) is 0 Å². The molecule has 2 aromatic rings. The van der Waals surface area contributed by atoms with E-state index in [0.29, 0.717) is 0 Å². The van der Waals surface area contributed by atoms with Gasteiger partial charge in [-0.05, 0) is 48.4 Å². The molecule has 112 valence electrons. The van der Waals surface area contributed by atoms with Gasteiger partial charge in [0.2, 0.25) is 0 Å². The molecule has 0 bridgehead atoms. The Labute approximate surface area is 139 Å². The second kappa shape index (κ2) is 7.05. The normalized spacial score (nSPS) is 16.3. The average molecular weight is 365 g/mol. The van der Waals surface area contributed by atoms with Gasteiger partial charge in [0, 0.05) is 34.5 Å². The first-order chi connectivity index (χ1) is 10.2. The minimum absolute atomic E-state index is 0.118. The maximum absolute atomic E-state index is 6.36. The highest BCUT2D eigenvalue weighted by molar-refractivity contribution is 9.10. The lowest BCUT2D eigenvalue weighted by atomic mass is 10.0. The number of halogens is 1. The summed E-state index contributed by atoms with van der Waals surface area (Å²) in [7, 11) is 0. The lowest BCUT2D eigenvalue weighted by Gasteiger charge is -2.23. The van der Waals surface area contributed by atoms with Crippen LogP contribution in [0.25, 0.3) is 0 Å². The first-order valence-corrected chi connectivity index (χ1v) is 9.17. The first kappa shape index (κ1) is 15.2. The molecule has 1 saturated carbocycles. The molecule has 1 atom stereocenters. The van der Waals surface area contributed by atoms with Crippen LogP contribution in [-0.4, -0.2) is 17.5 Å². The third-order valence-corrected chi connectivity index (χ3v) is 5.36.